The van der Waals surface area contributed by atoms with Crippen molar-refractivity contribution >= 4 is 16.1 Å². The zero-order valence-electron chi connectivity index (χ0n) is 16.6. The van der Waals surface area contributed by atoms with Crippen LogP contribution in [-0.4, -0.2) is 25.5 Å². The molecule has 0 saturated carbocycles. The number of nitrogens with two attached hydrogens (primary N) is 1. The molecule has 6 nitrogen and oxygen atoms in total. The van der Waals surface area contributed by atoms with Crippen LogP contribution in [0.25, 0.3) is 0 Å². The Labute approximate surface area is 177 Å². The molecule has 0 saturated heterocycles. The van der Waals surface area contributed by atoms with Gasteiger partial charge >= 0.3 is 5.97 Å². The summed E-state index contributed by atoms with van der Waals surface area (Å²) in [6, 6.07) is 24.4. The molecular weight excluding hydrogens is 402 g/mol. The van der Waals surface area contributed by atoms with Crippen LogP contribution >= 0.6 is 0 Å². The van der Waals surface area contributed by atoms with E-state index in [1.807, 2.05) is 67.6 Å². The first-order chi connectivity index (χ1) is 14.3. The number of carboxylic acids is 1. The van der Waals surface area contributed by atoms with Crippen molar-refractivity contribution in [2.75, 3.05) is 0 Å². The van der Waals surface area contributed by atoms with Crippen LogP contribution in [0.5, 0.6) is 0 Å². The van der Waals surface area contributed by atoms with E-state index in [1.54, 1.807) is 24.3 Å². The lowest BCUT2D eigenvalue weighted by Gasteiger charge is -2.06. The van der Waals surface area contributed by atoms with E-state index in [0.29, 0.717) is 6.42 Å². The molecule has 1 atom stereocenters. The SMILES string of the molecule is Cc1ccc(S(=O)(=O)OCc2ccccc2)cc1.N[C@@H](Cc1ccccc1)C(=O)O. The summed E-state index contributed by atoms with van der Waals surface area (Å²) < 4.78 is 28.8. The van der Waals surface area contributed by atoms with Crippen LogP contribution in [0.2, 0.25) is 0 Å². The first-order valence-electron chi connectivity index (χ1n) is 9.30. The van der Waals surface area contributed by atoms with Gasteiger partial charge in [0.15, 0.2) is 0 Å². The molecule has 0 aliphatic heterocycles. The second-order valence-electron chi connectivity index (χ2n) is 6.65. The van der Waals surface area contributed by atoms with E-state index in [1.165, 1.54) is 0 Å². The van der Waals surface area contributed by atoms with Crippen LogP contribution in [0.1, 0.15) is 16.7 Å². The monoisotopic (exact) mass is 427 g/mol. The van der Waals surface area contributed by atoms with Gasteiger partial charge in [-0.1, -0.05) is 78.4 Å². The minimum absolute atomic E-state index is 0.0526. The molecule has 158 valence electrons. The fourth-order valence-corrected chi connectivity index (χ4v) is 3.34. The maximum atomic E-state index is 11.9. The van der Waals surface area contributed by atoms with Gasteiger partial charge in [-0.3, -0.25) is 8.98 Å². The van der Waals surface area contributed by atoms with Gasteiger partial charge in [0.1, 0.15) is 6.04 Å². The van der Waals surface area contributed by atoms with Gasteiger partial charge in [0.2, 0.25) is 0 Å². The van der Waals surface area contributed by atoms with Crippen molar-refractivity contribution in [3.05, 3.63) is 102 Å². The number of rotatable bonds is 7. The average Bonchev–Trinajstić information content (AvgIpc) is 2.74. The fraction of sp³-hybridized carbons (Fsp3) is 0.174. The molecule has 30 heavy (non-hydrogen) atoms. The minimum Gasteiger partial charge on any atom is -0.480 e. The van der Waals surface area contributed by atoms with Gasteiger partial charge in [-0.05, 0) is 36.6 Å². The van der Waals surface area contributed by atoms with Gasteiger partial charge in [0, 0.05) is 0 Å². The molecule has 0 fully saturated rings. The zero-order chi connectivity index (χ0) is 22.0. The van der Waals surface area contributed by atoms with Crippen molar-refractivity contribution in [3.63, 3.8) is 0 Å². The van der Waals surface area contributed by atoms with Crippen molar-refractivity contribution in [1.29, 1.82) is 0 Å². The predicted octanol–water partition coefficient (Wildman–Crippen LogP) is 3.54. The van der Waals surface area contributed by atoms with E-state index >= 15 is 0 Å². The summed E-state index contributed by atoms with van der Waals surface area (Å²) in [6.07, 6.45) is 0.385. The van der Waals surface area contributed by atoms with Crippen molar-refractivity contribution in [3.8, 4) is 0 Å². The summed E-state index contributed by atoms with van der Waals surface area (Å²) in [5.41, 5.74) is 8.14. The van der Waals surface area contributed by atoms with E-state index < -0.39 is 22.1 Å². The van der Waals surface area contributed by atoms with Crippen molar-refractivity contribution in [2.24, 2.45) is 5.73 Å². The Bertz CT molecular complexity index is 1020. The first-order valence-corrected chi connectivity index (χ1v) is 10.7. The first kappa shape index (κ1) is 23.3. The minimum atomic E-state index is -3.68. The molecule has 0 heterocycles. The predicted molar refractivity (Wildman–Crippen MR) is 115 cm³/mol. The highest BCUT2D eigenvalue weighted by molar-refractivity contribution is 7.86. The number of hydrogen-bond acceptors (Lipinski definition) is 5. The van der Waals surface area contributed by atoms with E-state index in [2.05, 4.69) is 0 Å². The third-order valence-corrected chi connectivity index (χ3v) is 5.43. The van der Waals surface area contributed by atoms with Crippen LogP contribution in [0.3, 0.4) is 0 Å². The molecule has 0 amide bonds. The number of aliphatic carboxylic acids is 1. The van der Waals surface area contributed by atoms with E-state index in [4.69, 9.17) is 15.0 Å². The van der Waals surface area contributed by atoms with E-state index in [9.17, 15) is 13.2 Å². The standard InChI is InChI=1S/C14H14O3S.C9H11NO2/c1-12-7-9-14(10-8-12)18(15,16)17-11-13-5-3-2-4-6-13;10-8(9(11)12)6-7-4-2-1-3-5-7/h2-10H,11H2,1H3;1-5,8H,6,10H2,(H,11,12)/t;8-/m.0/s1. The second kappa shape index (κ2) is 11.3. The largest absolute Gasteiger partial charge is 0.480 e. The summed E-state index contributed by atoms with van der Waals surface area (Å²) in [5.74, 6) is -0.959. The van der Waals surface area contributed by atoms with Crippen LogP contribution in [0.4, 0.5) is 0 Å². The lowest BCUT2D eigenvalue weighted by molar-refractivity contribution is -0.138. The highest BCUT2D eigenvalue weighted by Gasteiger charge is 2.14. The number of benzene rings is 3. The Balaban J connectivity index is 0.000000232. The van der Waals surface area contributed by atoms with Crippen molar-refractivity contribution in [1.82, 2.24) is 0 Å². The van der Waals surface area contributed by atoms with Gasteiger partial charge in [0.25, 0.3) is 10.1 Å². The molecule has 3 N–H and O–H groups in total. The highest BCUT2D eigenvalue weighted by Crippen LogP contribution is 2.15. The van der Waals surface area contributed by atoms with Crippen LogP contribution < -0.4 is 5.73 Å². The molecule has 0 aliphatic rings. The average molecular weight is 428 g/mol. The quantitative estimate of drug-likeness (QED) is 0.559. The molecule has 3 aromatic carbocycles. The van der Waals surface area contributed by atoms with E-state index in [-0.39, 0.29) is 11.5 Å². The van der Waals surface area contributed by atoms with Crippen LogP contribution in [0, 0.1) is 6.92 Å². The van der Waals surface area contributed by atoms with Gasteiger partial charge in [0.05, 0.1) is 11.5 Å². The summed E-state index contributed by atoms with van der Waals surface area (Å²) in [4.78, 5) is 10.6. The molecule has 0 aromatic heterocycles. The Morgan fingerprint density at radius 1 is 0.900 bits per heavy atom. The van der Waals surface area contributed by atoms with Gasteiger partial charge < -0.3 is 10.8 Å². The Morgan fingerprint density at radius 2 is 1.40 bits per heavy atom. The molecule has 0 bridgehead atoms. The summed E-state index contributed by atoms with van der Waals surface area (Å²) in [6.45, 7) is 1.96. The third kappa shape index (κ3) is 7.79. The zero-order valence-corrected chi connectivity index (χ0v) is 17.5. The molecule has 0 radical (unpaired) electrons. The highest BCUT2D eigenvalue weighted by atomic mass is 32.2. The van der Waals surface area contributed by atoms with Crippen LogP contribution in [-0.2, 0) is 32.1 Å². The lowest BCUT2D eigenvalue weighted by atomic mass is 10.1. The molecule has 0 unspecified atom stereocenters. The molecule has 7 heteroatoms. The van der Waals surface area contributed by atoms with Gasteiger partial charge in [-0.2, -0.15) is 8.42 Å². The summed E-state index contributed by atoms with van der Waals surface area (Å²) in [5, 5.41) is 8.52. The Hall–Kier alpha value is -3.00. The maximum absolute atomic E-state index is 11.9. The molecule has 3 aromatic rings. The van der Waals surface area contributed by atoms with E-state index in [0.717, 1.165) is 16.7 Å². The molecule has 0 spiro atoms. The number of carboxylic acid groups (broad SMARTS) is 1. The smallest absolute Gasteiger partial charge is 0.320 e. The Morgan fingerprint density at radius 3 is 1.90 bits per heavy atom. The second-order valence-corrected chi connectivity index (χ2v) is 8.26. The summed E-state index contributed by atoms with van der Waals surface area (Å²) >= 11 is 0. The number of aryl methyl sites for hydroxylation is 1. The molecule has 3 rings (SSSR count). The maximum Gasteiger partial charge on any atom is 0.320 e. The number of carbonyl (C=O) groups is 1. The summed E-state index contributed by atoms with van der Waals surface area (Å²) in [7, 11) is -3.68. The van der Waals surface area contributed by atoms with Gasteiger partial charge in [-0.15, -0.1) is 0 Å². The van der Waals surface area contributed by atoms with Crippen molar-refractivity contribution in [2.45, 2.75) is 30.9 Å². The van der Waals surface area contributed by atoms with Crippen molar-refractivity contribution < 1.29 is 22.5 Å². The Kier molecular flexibility index (Phi) is 8.73. The van der Waals surface area contributed by atoms with Gasteiger partial charge in [-0.25, -0.2) is 0 Å². The van der Waals surface area contributed by atoms with Crippen LogP contribution in [0.15, 0.2) is 89.8 Å². The molecular formula is C23H25NO5S. The normalized spacial score (nSPS) is 11.8. The topological polar surface area (TPSA) is 107 Å². The fourth-order valence-electron chi connectivity index (χ4n) is 2.45. The lowest BCUT2D eigenvalue weighted by Crippen LogP contribution is -2.32. The molecule has 0 aliphatic carbocycles. The number of hydrogen-bond donors (Lipinski definition) is 2. The third-order valence-electron chi connectivity index (χ3n) is 4.15.